The second kappa shape index (κ2) is 11.6. The van der Waals surface area contributed by atoms with Crippen LogP contribution in [-0.2, 0) is 13.6 Å². The highest BCUT2D eigenvalue weighted by atomic mass is 35.5. The number of hydrogen-bond donors (Lipinski definition) is 1. The van der Waals surface area contributed by atoms with Crippen LogP contribution in [0.2, 0.25) is 5.02 Å². The molecule has 0 heterocycles. The molecule has 0 aromatic heterocycles. The smallest absolute Gasteiger partial charge is 0.363 e. The fourth-order valence-corrected chi connectivity index (χ4v) is 7.99. The average molecular weight is 499 g/mol. The highest BCUT2D eigenvalue weighted by Crippen LogP contribution is 2.64. The van der Waals surface area contributed by atoms with Crippen molar-refractivity contribution in [3.8, 4) is 0 Å². The lowest BCUT2D eigenvalue weighted by atomic mass is 9.75. The van der Waals surface area contributed by atoms with Gasteiger partial charge in [-0.25, -0.2) is 0 Å². The van der Waals surface area contributed by atoms with Gasteiger partial charge in [0.25, 0.3) is 0 Å². The van der Waals surface area contributed by atoms with E-state index in [0.717, 1.165) is 38.5 Å². The van der Waals surface area contributed by atoms with Gasteiger partial charge in [-0.3, -0.25) is 4.57 Å². The van der Waals surface area contributed by atoms with Crippen LogP contribution in [0.3, 0.4) is 0 Å². The molecule has 2 aliphatic rings. The quantitative estimate of drug-likeness (QED) is 0.365. The summed E-state index contributed by atoms with van der Waals surface area (Å²) in [4.78, 5) is 0. The van der Waals surface area contributed by atoms with E-state index >= 15 is 0 Å². The normalized spacial score (nSPS) is 33.8. The van der Waals surface area contributed by atoms with Crippen molar-refractivity contribution in [3.05, 3.63) is 34.9 Å². The van der Waals surface area contributed by atoms with Crippen molar-refractivity contribution >= 4 is 19.2 Å². The Morgan fingerprint density at radius 2 is 1.27 bits per heavy atom. The van der Waals surface area contributed by atoms with Crippen molar-refractivity contribution in [2.24, 2.45) is 35.5 Å². The topological polar surface area (TPSA) is 55.8 Å². The van der Waals surface area contributed by atoms with Gasteiger partial charge >= 0.3 is 7.60 Å². The number of benzene rings is 1. The lowest BCUT2D eigenvalue weighted by molar-refractivity contribution is -0.0153. The van der Waals surface area contributed by atoms with Gasteiger partial charge in [0.05, 0.1) is 12.2 Å². The van der Waals surface area contributed by atoms with Gasteiger partial charge < -0.3 is 14.2 Å². The molecule has 8 atom stereocenters. The Morgan fingerprint density at radius 3 is 1.67 bits per heavy atom. The van der Waals surface area contributed by atoms with E-state index in [2.05, 4.69) is 41.5 Å². The molecule has 1 aromatic rings. The summed E-state index contributed by atoms with van der Waals surface area (Å²) in [5.41, 5.74) is 0.526. The van der Waals surface area contributed by atoms with Crippen molar-refractivity contribution < 1.29 is 18.7 Å². The Labute approximate surface area is 206 Å². The standard InChI is InChI=1S/C27H44ClO4P/c1-17(2)23-13-7-19(5)15-25(23)31-33(30,27(29)21-9-11-22(28)12-10-21)32-26-16-20(6)8-14-24(26)18(3)4/h9-12,17-20,23-27,29H,7-8,13-16H2,1-6H3/t19-,20-,23-,24+,25-,26-,27+,33?/m1/s1. The highest BCUT2D eigenvalue weighted by molar-refractivity contribution is 7.54. The van der Waals surface area contributed by atoms with Crippen LogP contribution < -0.4 is 0 Å². The first-order valence-corrected chi connectivity index (χ1v) is 14.9. The Balaban J connectivity index is 1.94. The molecule has 2 fully saturated rings. The summed E-state index contributed by atoms with van der Waals surface area (Å²) >= 11 is 6.07. The van der Waals surface area contributed by atoms with Crippen LogP contribution in [0.4, 0.5) is 0 Å². The van der Waals surface area contributed by atoms with Gasteiger partial charge in [0.2, 0.25) is 0 Å². The Bertz CT molecular complexity index is 758. The summed E-state index contributed by atoms with van der Waals surface area (Å²) in [6.45, 7) is 13.3. The minimum absolute atomic E-state index is 0.181. The fraction of sp³-hybridized carbons (Fsp3) is 0.778. The van der Waals surface area contributed by atoms with E-state index in [9.17, 15) is 9.67 Å². The van der Waals surface area contributed by atoms with Gasteiger partial charge in [-0.05, 0) is 78.9 Å². The van der Waals surface area contributed by atoms with Crippen molar-refractivity contribution in [2.45, 2.75) is 98.1 Å². The number of aliphatic hydroxyl groups is 1. The largest absolute Gasteiger partial charge is 0.376 e. The zero-order chi connectivity index (χ0) is 24.3. The molecule has 6 heteroatoms. The van der Waals surface area contributed by atoms with Crippen LogP contribution in [0.1, 0.15) is 91.5 Å². The molecule has 0 saturated heterocycles. The number of hydrogen-bond acceptors (Lipinski definition) is 4. The Hall–Kier alpha value is -0.380. The molecule has 0 amide bonds. The predicted octanol–water partition coefficient (Wildman–Crippen LogP) is 8.48. The number of halogens is 1. The van der Waals surface area contributed by atoms with Crippen molar-refractivity contribution in [3.63, 3.8) is 0 Å². The minimum Gasteiger partial charge on any atom is -0.376 e. The second-order valence-corrected chi connectivity index (χ2v) is 13.8. The third-order valence-corrected chi connectivity index (χ3v) is 10.2. The maximum Gasteiger partial charge on any atom is 0.363 e. The molecule has 4 nitrogen and oxygen atoms in total. The average Bonchev–Trinajstić information content (AvgIpc) is 2.73. The second-order valence-electron chi connectivity index (χ2n) is 11.4. The molecular formula is C27H44ClO4P. The molecular weight excluding hydrogens is 455 g/mol. The molecule has 188 valence electrons. The molecule has 3 rings (SSSR count). The van der Waals surface area contributed by atoms with E-state index in [4.69, 9.17) is 20.6 Å². The fourth-order valence-electron chi connectivity index (χ4n) is 5.81. The monoisotopic (exact) mass is 498 g/mol. The van der Waals surface area contributed by atoms with E-state index in [1.54, 1.807) is 24.3 Å². The summed E-state index contributed by atoms with van der Waals surface area (Å²) in [5, 5.41) is 12.0. The molecule has 2 saturated carbocycles. The van der Waals surface area contributed by atoms with Crippen molar-refractivity contribution in [1.82, 2.24) is 0 Å². The van der Waals surface area contributed by atoms with Gasteiger partial charge in [0.15, 0.2) is 5.85 Å². The predicted molar refractivity (Wildman–Crippen MR) is 136 cm³/mol. The summed E-state index contributed by atoms with van der Waals surface area (Å²) in [6.07, 6.45) is 5.74. The summed E-state index contributed by atoms with van der Waals surface area (Å²) in [6, 6.07) is 6.87. The Morgan fingerprint density at radius 1 is 0.848 bits per heavy atom. The molecule has 1 N–H and O–H groups in total. The highest BCUT2D eigenvalue weighted by Gasteiger charge is 2.46. The zero-order valence-electron chi connectivity index (χ0n) is 21.2. The van der Waals surface area contributed by atoms with Crippen molar-refractivity contribution in [2.75, 3.05) is 0 Å². The van der Waals surface area contributed by atoms with E-state index in [1.807, 2.05) is 0 Å². The molecule has 2 aliphatic carbocycles. The lowest BCUT2D eigenvalue weighted by Crippen LogP contribution is -2.37. The molecule has 0 bridgehead atoms. The summed E-state index contributed by atoms with van der Waals surface area (Å²) in [5.74, 6) is 1.13. The van der Waals surface area contributed by atoms with Gasteiger partial charge in [-0.1, -0.05) is 78.1 Å². The lowest BCUT2D eigenvalue weighted by Gasteiger charge is -2.42. The van der Waals surface area contributed by atoms with Crippen LogP contribution in [0.15, 0.2) is 24.3 Å². The van der Waals surface area contributed by atoms with Gasteiger partial charge in [0, 0.05) is 5.02 Å². The first kappa shape index (κ1) is 27.2. The van der Waals surface area contributed by atoms with Crippen LogP contribution in [0.5, 0.6) is 0 Å². The van der Waals surface area contributed by atoms with Crippen LogP contribution in [0, 0.1) is 35.5 Å². The summed E-state index contributed by atoms with van der Waals surface area (Å²) in [7, 11) is -3.88. The summed E-state index contributed by atoms with van der Waals surface area (Å²) < 4.78 is 27.5. The Kier molecular flexibility index (Phi) is 9.54. The van der Waals surface area contributed by atoms with Gasteiger partial charge in [-0.15, -0.1) is 0 Å². The number of aliphatic hydroxyl groups excluding tert-OH is 1. The van der Waals surface area contributed by atoms with E-state index < -0.39 is 13.4 Å². The van der Waals surface area contributed by atoms with Gasteiger partial charge in [-0.2, -0.15) is 0 Å². The zero-order valence-corrected chi connectivity index (χ0v) is 22.9. The minimum atomic E-state index is -3.88. The molecule has 1 unspecified atom stereocenters. The molecule has 0 radical (unpaired) electrons. The third kappa shape index (κ3) is 6.85. The molecule has 1 aromatic carbocycles. The maximum atomic E-state index is 14.6. The van der Waals surface area contributed by atoms with Gasteiger partial charge in [0.1, 0.15) is 0 Å². The van der Waals surface area contributed by atoms with E-state index in [0.29, 0.717) is 46.1 Å². The SMILES string of the molecule is CC(C)[C@H]1CC[C@@H](C)C[C@H]1OP(=O)(O[C@@H]1C[C@H](C)CC[C@H]1C(C)C)[C@H](O)c1ccc(Cl)cc1. The molecule has 33 heavy (non-hydrogen) atoms. The van der Waals surface area contributed by atoms with Crippen molar-refractivity contribution in [1.29, 1.82) is 0 Å². The maximum absolute atomic E-state index is 14.6. The van der Waals surface area contributed by atoms with E-state index in [1.165, 1.54) is 0 Å². The molecule has 0 aliphatic heterocycles. The first-order valence-electron chi connectivity index (χ1n) is 12.9. The van der Waals surface area contributed by atoms with E-state index in [-0.39, 0.29) is 12.2 Å². The third-order valence-electron chi connectivity index (χ3n) is 7.95. The molecule has 0 spiro atoms. The van der Waals surface area contributed by atoms with Crippen LogP contribution in [0.25, 0.3) is 0 Å². The van der Waals surface area contributed by atoms with Crippen LogP contribution in [-0.4, -0.2) is 17.3 Å². The van der Waals surface area contributed by atoms with Crippen LogP contribution >= 0.6 is 19.2 Å². The first-order chi connectivity index (χ1) is 15.5. The number of rotatable bonds is 8.